The molecule has 7 heteroatoms. The number of alkyl carbamates (subject to hydrolysis) is 1. The number of amides is 1. The molecule has 2 rings (SSSR count). The Hall–Kier alpha value is -1.76. The number of benzene rings is 1. The zero-order valence-electron chi connectivity index (χ0n) is 16.5. The van der Waals surface area contributed by atoms with Crippen molar-refractivity contribution in [2.24, 2.45) is 5.92 Å². The Morgan fingerprint density at radius 2 is 1.67 bits per heavy atom. The maximum Gasteiger partial charge on any atom is 0.409 e. The molecule has 0 aromatic heterocycles. The summed E-state index contributed by atoms with van der Waals surface area (Å²) in [7, 11) is 0. The van der Waals surface area contributed by atoms with Crippen molar-refractivity contribution in [2.45, 2.75) is 70.8 Å². The van der Waals surface area contributed by atoms with Gasteiger partial charge in [-0.1, -0.05) is 38.1 Å². The van der Waals surface area contributed by atoms with E-state index in [2.05, 4.69) is 5.32 Å². The van der Waals surface area contributed by atoms with Gasteiger partial charge in [0.1, 0.15) is 11.6 Å². The Balaban J connectivity index is 2.10. The summed E-state index contributed by atoms with van der Waals surface area (Å²) in [4.78, 5) is 11.8. The van der Waals surface area contributed by atoms with Crippen molar-refractivity contribution in [1.29, 1.82) is 0 Å². The fraction of sp³-hybridized carbons (Fsp3) is 0.650. The lowest BCUT2D eigenvalue weighted by Crippen LogP contribution is -2.59. The largest absolute Gasteiger partial charge is 0.444 e. The molecule has 152 valence electrons. The summed E-state index contributed by atoms with van der Waals surface area (Å²) in [6.45, 7) is 8.42. The van der Waals surface area contributed by atoms with Gasteiger partial charge in [0, 0.05) is 12.1 Å². The monoisotopic (exact) mass is 386 g/mol. The van der Waals surface area contributed by atoms with Gasteiger partial charge in [-0.3, -0.25) is 0 Å². The Morgan fingerprint density at radius 3 is 2.07 bits per heavy atom. The molecule has 0 radical (unpaired) electrons. The van der Waals surface area contributed by atoms with Crippen LogP contribution in [0.15, 0.2) is 24.3 Å². The van der Waals surface area contributed by atoms with Crippen molar-refractivity contribution >= 4 is 6.09 Å². The average Bonchev–Trinajstić information content (AvgIpc) is 2.88. The van der Waals surface area contributed by atoms with Gasteiger partial charge in [0.15, 0.2) is 0 Å². The minimum Gasteiger partial charge on any atom is -0.444 e. The molecule has 4 nitrogen and oxygen atoms in total. The Kier molecular flexibility index (Phi) is 6.14. The molecule has 1 aliphatic rings. The quantitative estimate of drug-likeness (QED) is 0.796. The number of hydrogen-bond acceptors (Lipinski definition) is 3. The van der Waals surface area contributed by atoms with E-state index in [1.807, 2.05) is 43.4 Å². The molecule has 0 aliphatic heterocycles. The van der Waals surface area contributed by atoms with Gasteiger partial charge in [0.2, 0.25) is 0 Å². The van der Waals surface area contributed by atoms with Crippen LogP contribution >= 0.6 is 0 Å². The summed E-state index contributed by atoms with van der Waals surface area (Å²) < 4.78 is 45.4. The van der Waals surface area contributed by atoms with Gasteiger partial charge < -0.3 is 15.4 Å². The highest BCUT2D eigenvalue weighted by Gasteiger charge is 2.45. The number of nitrogens with one attached hydrogen (secondary N) is 2. The topological polar surface area (TPSA) is 50.4 Å². The SMILES string of the molecule is CC(C)C1(NCC(NC(=O)OC(C)(C)C)C(F)(F)F)Cc2ccccc2C1. The van der Waals surface area contributed by atoms with Crippen LogP contribution in [0.2, 0.25) is 0 Å². The molecule has 0 saturated heterocycles. The highest BCUT2D eigenvalue weighted by molar-refractivity contribution is 5.68. The van der Waals surface area contributed by atoms with Crippen LogP contribution in [0.3, 0.4) is 0 Å². The molecule has 1 unspecified atom stereocenters. The molecular formula is C20H29F3N2O2. The van der Waals surface area contributed by atoms with Crippen LogP contribution < -0.4 is 10.6 Å². The molecule has 1 aromatic carbocycles. The summed E-state index contributed by atoms with van der Waals surface area (Å²) in [6.07, 6.45) is -4.32. The third kappa shape index (κ3) is 5.61. The third-order valence-electron chi connectivity index (χ3n) is 4.98. The molecule has 27 heavy (non-hydrogen) atoms. The molecule has 1 aliphatic carbocycles. The Bertz CT molecular complexity index is 641. The highest BCUT2D eigenvalue weighted by Crippen LogP contribution is 2.35. The number of halogens is 3. The van der Waals surface area contributed by atoms with E-state index in [4.69, 9.17) is 4.74 Å². The Morgan fingerprint density at radius 1 is 1.15 bits per heavy atom. The first-order chi connectivity index (χ1) is 12.3. The summed E-state index contributed by atoms with van der Waals surface area (Å²) in [6, 6.07) is 5.89. The molecule has 1 amide bonds. The lowest BCUT2D eigenvalue weighted by Gasteiger charge is -2.37. The van der Waals surface area contributed by atoms with Gasteiger partial charge in [0.25, 0.3) is 0 Å². The fourth-order valence-electron chi connectivity index (χ4n) is 3.39. The fourth-order valence-corrected chi connectivity index (χ4v) is 3.39. The van der Waals surface area contributed by atoms with Crippen LogP contribution in [0.1, 0.15) is 45.7 Å². The van der Waals surface area contributed by atoms with Crippen LogP contribution in [0.4, 0.5) is 18.0 Å². The van der Waals surface area contributed by atoms with Crippen LogP contribution in [0, 0.1) is 5.92 Å². The maximum atomic E-state index is 13.5. The van der Waals surface area contributed by atoms with Crippen molar-refractivity contribution in [1.82, 2.24) is 10.6 Å². The first-order valence-electron chi connectivity index (χ1n) is 9.20. The van der Waals surface area contributed by atoms with E-state index in [-0.39, 0.29) is 5.92 Å². The third-order valence-corrected chi connectivity index (χ3v) is 4.98. The second-order valence-corrected chi connectivity index (χ2v) is 8.55. The molecule has 0 bridgehead atoms. The van der Waals surface area contributed by atoms with Gasteiger partial charge in [-0.25, -0.2) is 4.79 Å². The molecule has 0 heterocycles. The summed E-state index contributed by atoms with van der Waals surface area (Å²) in [5, 5.41) is 5.09. The predicted molar refractivity (Wildman–Crippen MR) is 98.6 cm³/mol. The van der Waals surface area contributed by atoms with Crippen LogP contribution in [-0.2, 0) is 17.6 Å². The van der Waals surface area contributed by atoms with E-state index in [0.29, 0.717) is 12.8 Å². The number of hydrogen-bond donors (Lipinski definition) is 2. The van der Waals surface area contributed by atoms with Crippen molar-refractivity contribution in [3.8, 4) is 0 Å². The number of ether oxygens (including phenoxy) is 1. The first kappa shape index (κ1) is 21.5. The van der Waals surface area contributed by atoms with E-state index >= 15 is 0 Å². The Labute approximate surface area is 158 Å². The normalized spacial score (nSPS) is 17.5. The first-order valence-corrected chi connectivity index (χ1v) is 9.20. The van der Waals surface area contributed by atoms with Crippen molar-refractivity contribution in [2.75, 3.05) is 6.54 Å². The van der Waals surface area contributed by atoms with E-state index in [9.17, 15) is 18.0 Å². The zero-order valence-corrected chi connectivity index (χ0v) is 16.5. The van der Waals surface area contributed by atoms with Crippen LogP contribution in [-0.4, -0.2) is 36.0 Å². The average molecular weight is 386 g/mol. The zero-order chi connectivity index (χ0) is 20.5. The molecule has 2 N–H and O–H groups in total. The minimum absolute atomic E-state index is 0.125. The van der Waals surface area contributed by atoms with E-state index in [1.165, 1.54) is 0 Å². The lowest BCUT2D eigenvalue weighted by molar-refractivity contribution is -0.155. The summed E-state index contributed by atoms with van der Waals surface area (Å²) >= 11 is 0. The molecular weight excluding hydrogens is 357 g/mol. The van der Waals surface area contributed by atoms with Gasteiger partial charge in [-0.2, -0.15) is 13.2 Å². The van der Waals surface area contributed by atoms with Crippen LogP contribution in [0.25, 0.3) is 0 Å². The summed E-state index contributed by atoms with van der Waals surface area (Å²) in [5.74, 6) is 0.125. The summed E-state index contributed by atoms with van der Waals surface area (Å²) in [5.41, 5.74) is 0.979. The smallest absolute Gasteiger partial charge is 0.409 e. The lowest BCUT2D eigenvalue weighted by atomic mass is 9.83. The van der Waals surface area contributed by atoms with Gasteiger partial charge in [-0.05, 0) is 50.7 Å². The van der Waals surface area contributed by atoms with E-state index in [1.54, 1.807) is 20.8 Å². The number of fused-ring (bicyclic) bond motifs is 1. The molecule has 1 aromatic rings. The number of alkyl halides is 3. The number of carbonyl (C=O) groups is 1. The standard InChI is InChI=1S/C20H29F3N2O2/c1-13(2)19(10-14-8-6-7-9-15(14)11-19)24-12-16(20(21,22)23)25-17(26)27-18(3,4)5/h6-9,13,16,24H,10-12H2,1-5H3,(H,25,26). The molecule has 0 fully saturated rings. The second kappa shape index (κ2) is 7.70. The van der Waals surface area contributed by atoms with Crippen molar-refractivity contribution in [3.05, 3.63) is 35.4 Å². The van der Waals surface area contributed by atoms with Gasteiger partial charge in [0.05, 0.1) is 0 Å². The number of carbonyl (C=O) groups excluding carboxylic acids is 1. The molecule has 1 atom stereocenters. The molecule has 0 saturated carbocycles. The molecule has 0 spiro atoms. The minimum atomic E-state index is -4.58. The maximum absolute atomic E-state index is 13.5. The van der Waals surface area contributed by atoms with Crippen molar-refractivity contribution in [3.63, 3.8) is 0 Å². The van der Waals surface area contributed by atoms with Crippen LogP contribution in [0.5, 0.6) is 0 Å². The van der Waals surface area contributed by atoms with Gasteiger partial charge >= 0.3 is 12.3 Å². The van der Waals surface area contributed by atoms with E-state index in [0.717, 1.165) is 11.1 Å². The number of rotatable bonds is 5. The predicted octanol–water partition coefficient (Wildman–Crippen LogP) is 4.23. The van der Waals surface area contributed by atoms with Gasteiger partial charge in [-0.15, -0.1) is 0 Å². The second-order valence-electron chi connectivity index (χ2n) is 8.55. The van der Waals surface area contributed by atoms with E-state index < -0.39 is 36.0 Å². The van der Waals surface area contributed by atoms with Crippen molar-refractivity contribution < 1.29 is 22.7 Å². The highest BCUT2D eigenvalue weighted by atomic mass is 19.4.